The van der Waals surface area contributed by atoms with E-state index in [-0.39, 0.29) is 5.91 Å². The lowest BCUT2D eigenvalue weighted by molar-refractivity contribution is -0.121. The lowest BCUT2D eigenvalue weighted by Gasteiger charge is -2.23. The summed E-state index contributed by atoms with van der Waals surface area (Å²) in [4.78, 5) is 17.5. The van der Waals surface area contributed by atoms with Crippen LogP contribution in [0.15, 0.2) is 24.4 Å². The van der Waals surface area contributed by atoms with Crippen molar-refractivity contribution in [3.8, 4) is 0 Å². The molecule has 17 heavy (non-hydrogen) atoms. The number of hydrogen-bond acceptors (Lipinski definition) is 4. The van der Waals surface area contributed by atoms with Gasteiger partial charge in [-0.2, -0.15) is 0 Å². The molecule has 0 saturated heterocycles. The predicted molar refractivity (Wildman–Crippen MR) is 66.7 cm³/mol. The van der Waals surface area contributed by atoms with Crippen LogP contribution in [0, 0.1) is 0 Å². The minimum atomic E-state index is -0.122. The average Bonchev–Trinajstić information content (AvgIpc) is 2.36. The molecule has 0 radical (unpaired) electrons. The van der Waals surface area contributed by atoms with Crippen molar-refractivity contribution in [2.24, 2.45) is 5.84 Å². The average molecular weight is 236 g/mol. The van der Waals surface area contributed by atoms with Gasteiger partial charge in [0.2, 0.25) is 5.91 Å². The zero-order chi connectivity index (χ0) is 12.7. The fourth-order valence-corrected chi connectivity index (χ4v) is 1.54. The van der Waals surface area contributed by atoms with Gasteiger partial charge in [0.1, 0.15) is 0 Å². The zero-order valence-electron chi connectivity index (χ0n) is 10.4. The van der Waals surface area contributed by atoms with E-state index in [4.69, 9.17) is 5.84 Å². The van der Waals surface area contributed by atoms with Crippen LogP contribution in [0.3, 0.4) is 0 Å². The van der Waals surface area contributed by atoms with E-state index < -0.39 is 0 Å². The predicted octanol–water partition coefficient (Wildman–Crippen LogP) is 0.672. The zero-order valence-corrected chi connectivity index (χ0v) is 10.4. The number of pyridine rings is 1. The van der Waals surface area contributed by atoms with Gasteiger partial charge in [0.05, 0.1) is 5.69 Å². The van der Waals surface area contributed by atoms with Gasteiger partial charge < -0.3 is 0 Å². The van der Waals surface area contributed by atoms with Crippen molar-refractivity contribution in [3.63, 3.8) is 0 Å². The molecule has 0 spiro atoms. The largest absolute Gasteiger partial charge is 0.298 e. The lowest BCUT2D eigenvalue weighted by Crippen LogP contribution is -2.33. The molecule has 0 aliphatic rings. The third-order valence-electron chi connectivity index (χ3n) is 2.84. The minimum absolute atomic E-state index is 0.122. The van der Waals surface area contributed by atoms with E-state index in [1.54, 1.807) is 6.20 Å². The maximum atomic E-state index is 11.0. The van der Waals surface area contributed by atoms with Crippen LogP contribution in [0.4, 0.5) is 0 Å². The van der Waals surface area contributed by atoms with Crippen molar-refractivity contribution >= 4 is 5.91 Å². The van der Waals surface area contributed by atoms with Crippen molar-refractivity contribution in [1.82, 2.24) is 15.3 Å². The molecule has 3 N–H and O–H groups in total. The van der Waals surface area contributed by atoms with Crippen molar-refractivity contribution in [1.29, 1.82) is 0 Å². The van der Waals surface area contributed by atoms with Crippen LogP contribution in [0.1, 0.15) is 25.5 Å². The third kappa shape index (κ3) is 4.93. The molecule has 1 unspecified atom stereocenters. The van der Waals surface area contributed by atoms with Gasteiger partial charge in [-0.1, -0.05) is 6.07 Å². The monoisotopic (exact) mass is 236 g/mol. The van der Waals surface area contributed by atoms with E-state index in [9.17, 15) is 4.79 Å². The Bertz CT molecular complexity index is 342. The van der Waals surface area contributed by atoms with E-state index in [1.165, 1.54) is 0 Å². The number of nitrogens with two attached hydrogens (primary N) is 1. The molecule has 94 valence electrons. The molecular formula is C12H20N4O. The van der Waals surface area contributed by atoms with Gasteiger partial charge in [-0.05, 0) is 32.5 Å². The molecule has 0 bridgehead atoms. The second kappa shape index (κ2) is 6.98. The molecule has 1 aromatic heterocycles. The summed E-state index contributed by atoms with van der Waals surface area (Å²) in [7, 11) is 2.03. The van der Waals surface area contributed by atoms with Crippen LogP contribution >= 0.6 is 0 Å². The quantitative estimate of drug-likeness (QED) is 0.433. The highest BCUT2D eigenvalue weighted by Crippen LogP contribution is 2.08. The lowest BCUT2D eigenvalue weighted by atomic mass is 10.1. The number of amides is 1. The molecule has 0 aliphatic heterocycles. The van der Waals surface area contributed by atoms with Gasteiger partial charge in [-0.3, -0.25) is 20.1 Å². The summed E-state index contributed by atoms with van der Waals surface area (Å²) in [6.45, 7) is 2.87. The highest BCUT2D eigenvalue weighted by Gasteiger charge is 2.11. The fourth-order valence-electron chi connectivity index (χ4n) is 1.54. The number of aromatic nitrogens is 1. The summed E-state index contributed by atoms with van der Waals surface area (Å²) in [5.41, 5.74) is 3.17. The third-order valence-corrected chi connectivity index (χ3v) is 2.84. The van der Waals surface area contributed by atoms with Crippen molar-refractivity contribution in [2.45, 2.75) is 32.4 Å². The topological polar surface area (TPSA) is 71.2 Å². The molecule has 1 aromatic rings. The molecule has 1 rings (SSSR count). The van der Waals surface area contributed by atoms with Crippen LogP contribution in [0.5, 0.6) is 0 Å². The maximum absolute atomic E-state index is 11.0. The number of nitrogens with zero attached hydrogens (tertiary/aromatic N) is 2. The molecular weight excluding hydrogens is 216 g/mol. The normalized spacial score (nSPS) is 12.5. The Morgan fingerprint density at radius 2 is 2.35 bits per heavy atom. The summed E-state index contributed by atoms with van der Waals surface area (Å²) in [5.74, 6) is 4.91. The SMILES string of the molecule is CC(CCC(=O)NN)N(C)Cc1ccccn1. The molecule has 5 heteroatoms. The molecule has 0 aliphatic carbocycles. The highest BCUT2D eigenvalue weighted by molar-refractivity contribution is 5.75. The van der Waals surface area contributed by atoms with Crippen LogP contribution in [0.25, 0.3) is 0 Å². The number of carbonyl (C=O) groups is 1. The molecule has 0 saturated carbocycles. The van der Waals surface area contributed by atoms with E-state index in [1.807, 2.05) is 25.2 Å². The molecule has 5 nitrogen and oxygen atoms in total. The minimum Gasteiger partial charge on any atom is -0.298 e. The first kappa shape index (κ1) is 13.6. The van der Waals surface area contributed by atoms with Gasteiger partial charge in [0.25, 0.3) is 0 Å². The first-order valence-electron chi connectivity index (χ1n) is 5.73. The van der Waals surface area contributed by atoms with Gasteiger partial charge in [0.15, 0.2) is 0 Å². The summed E-state index contributed by atoms with van der Waals surface area (Å²) in [6.07, 6.45) is 3.02. The fraction of sp³-hybridized carbons (Fsp3) is 0.500. The van der Waals surface area contributed by atoms with Crippen molar-refractivity contribution in [2.75, 3.05) is 7.05 Å². The number of rotatable bonds is 6. The second-order valence-corrected chi connectivity index (χ2v) is 4.19. The van der Waals surface area contributed by atoms with E-state index >= 15 is 0 Å². The first-order chi connectivity index (χ1) is 8.13. The molecule has 0 fully saturated rings. The Labute approximate surface area is 102 Å². The Hall–Kier alpha value is -1.46. The van der Waals surface area contributed by atoms with Gasteiger partial charge >= 0.3 is 0 Å². The molecule has 1 amide bonds. The van der Waals surface area contributed by atoms with E-state index in [0.717, 1.165) is 18.7 Å². The van der Waals surface area contributed by atoms with E-state index in [0.29, 0.717) is 12.5 Å². The standard InChI is InChI=1S/C12H20N4O/c1-10(6-7-12(17)15-13)16(2)9-11-5-3-4-8-14-11/h3-5,8,10H,6-7,9,13H2,1-2H3,(H,15,17). The maximum Gasteiger partial charge on any atom is 0.233 e. The van der Waals surface area contributed by atoms with E-state index in [2.05, 4.69) is 22.2 Å². The van der Waals surface area contributed by atoms with Crippen LogP contribution in [-0.2, 0) is 11.3 Å². The Morgan fingerprint density at radius 3 is 2.94 bits per heavy atom. The number of nitrogens with one attached hydrogen (secondary N) is 1. The Kier molecular flexibility index (Phi) is 5.59. The van der Waals surface area contributed by atoms with Crippen LogP contribution in [-0.4, -0.2) is 28.9 Å². The molecule has 1 atom stereocenters. The smallest absolute Gasteiger partial charge is 0.233 e. The number of hydrogen-bond donors (Lipinski definition) is 2. The van der Waals surface area contributed by atoms with Crippen LogP contribution in [0.2, 0.25) is 0 Å². The summed E-state index contributed by atoms with van der Waals surface area (Å²) in [6, 6.07) is 6.19. The first-order valence-corrected chi connectivity index (χ1v) is 5.73. The summed E-state index contributed by atoms with van der Waals surface area (Å²) < 4.78 is 0. The van der Waals surface area contributed by atoms with Crippen molar-refractivity contribution in [3.05, 3.63) is 30.1 Å². The van der Waals surface area contributed by atoms with Gasteiger partial charge in [-0.25, -0.2) is 5.84 Å². The number of hydrazine groups is 1. The summed E-state index contributed by atoms with van der Waals surface area (Å²) in [5, 5.41) is 0. The molecule has 1 heterocycles. The van der Waals surface area contributed by atoms with Crippen LogP contribution < -0.4 is 11.3 Å². The Morgan fingerprint density at radius 1 is 1.59 bits per heavy atom. The Balaban J connectivity index is 2.37. The summed E-state index contributed by atoms with van der Waals surface area (Å²) >= 11 is 0. The second-order valence-electron chi connectivity index (χ2n) is 4.19. The number of carbonyl (C=O) groups excluding carboxylic acids is 1. The molecule has 0 aromatic carbocycles. The highest BCUT2D eigenvalue weighted by atomic mass is 16.2. The van der Waals surface area contributed by atoms with Gasteiger partial charge in [-0.15, -0.1) is 0 Å². The van der Waals surface area contributed by atoms with Gasteiger partial charge in [0, 0.05) is 25.2 Å². The van der Waals surface area contributed by atoms with Crippen molar-refractivity contribution < 1.29 is 4.79 Å².